The molecule has 0 aliphatic rings. The van der Waals surface area contributed by atoms with Crippen LogP contribution in [0.25, 0.3) is 89.2 Å². The van der Waals surface area contributed by atoms with Gasteiger partial charge in [-0.1, -0.05) is 108 Å². The summed E-state index contributed by atoms with van der Waals surface area (Å²) in [6, 6.07) is 97.2. The van der Waals surface area contributed by atoms with E-state index in [1.165, 1.54) is 54.0 Å². The van der Waals surface area contributed by atoms with Crippen molar-refractivity contribution in [2.24, 2.45) is 0 Å². The molecule has 0 saturated carbocycles. The fourth-order valence-corrected chi connectivity index (χ4v) is 8.89. The van der Waals surface area contributed by atoms with E-state index < -0.39 is 17.6 Å². The molecule has 5 radical (unpaired) electrons. The van der Waals surface area contributed by atoms with Crippen molar-refractivity contribution in [1.82, 2.24) is 34.1 Å². The average Bonchev–Trinajstić information content (AvgIpc) is 1.68. The Hall–Kier alpha value is -9.17. The fraction of sp³-hybridized carbons (Fsp3) is 0.0256. The summed E-state index contributed by atoms with van der Waals surface area (Å²) in [6.45, 7) is 2.85. The minimum absolute atomic E-state index is 0. The van der Waals surface area contributed by atoms with Crippen LogP contribution < -0.4 is 0 Å². The summed E-state index contributed by atoms with van der Waals surface area (Å²) in [4.78, 5) is 40.7. The summed E-state index contributed by atoms with van der Waals surface area (Å²) in [5.74, 6) is -1.72. The van der Waals surface area contributed by atoms with E-state index >= 15 is 0 Å². The van der Waals surface area contributed by atoms with Crippen LogP contribution in [-0.2, 0) is 105 Å². The van der Waals surface area contributed by atoms with Gasteiger partial charge in [0.2, 0.25) is 0 Å². The van der Waals surface area contributed by atoms with Crippen LogP contribution in [0.5, 0.6) is 0 Å². The second-order valence-electron chi connectivity index (χ2n) is 19.6. The number of benzene rings is 9. The Labute approximate surface area is 628 Å². The second kappa shape index (κ2) is 42.4. The number of oxazole rings is 1. The molecule has 0 aliphatic carbocycles. The van der Waals surface area contributed by atoms with Crippen LogP contribution >= 0.6 is 0 Å². The molecule has 15 aromatic rings. The fourth-order valence-electron chi connectivity index (χ4n) is 8.89. The Kier molecular flexibility index (Phi) is 35.1. The van der Waals surface area contributed by atoms with Gasteiger partial charge in [-0.25, -0.2) is 14.3 Å². The van der Waals surface area contributed by atoms with E-state index in [9.17, 15) is 18.4 Å². The Morgan fingerprint density at radius 1 is 0.505 bits per heavy atom. The van der Waals surface area contributed by atoms with Crippen molar-refractivity contribution in [1.29, 1.82) is 0 Å². The molecule has 0 amide bonds. The zero-order valence-corrected chi connectivity index (χ0v) is 63.4. The number of hydrogen-bond acceptors (Lipinski definition) is 9. The first-order chi connectivity index (χ1) is 45.0. The van der Waals surface area contributed by atoms with Crippen LogP contribution in [0.4, 0.5) is 8.78 Å². The van der Waals surface area contributed by atoms with E-state index in [-0.39, 0.29) is 123 Å². The topological polar surface area (TPSA) is 162 Å². The maximum Gasteiger partial charge on any atom is 0.354 e. The van der Waals surface area contributed by atoms with Crippen LogP contribution in [0.2, 0.25) is 0 Å². The first-order valence-corrected chi connectivity index (χ1v) is 28.7. The number of aromatic nitrogens is 7. The molecular formula is C78H57F2Ir5N7O5-4. The molecule has 15 rings (SSSR count). The van der Waals surface area contributed by atoms with Gasteiger partial charge in [-0.15, -0.1) is 126 Å². The number of carbonyl (C=O) groups excluding carboxylic acids is 1. The van der Waals surface area contributed by atoms with Gasteiger partial charge in [-0.3, -0.25) is 18.6 Å². The van der Waals surface area contributed by atoms with Crippen molar-refractivity contribution >= 4 is 55.6 Å². The number of aliphatic hydroxyl groups is 1. The number of carboxylic acids is 1. The molecule has 497 valence electrons. The number of imidazole rings is 1. The Morgan fingerprint density at radius 2 is 1.06 bits per heavy atom. The molecule has 9 aromatic carbocycles. The van der Waals surface area contributed by atoms with Crippen molar-refractivity contribution < 1.29 is 134 Å². The number of fused-ring (bicyclic) bond motifs is 5. The van der Waals surface area contributed by atoms with E-state index in [0.717, 1.165) is 62.3 Å². The van der Waals surface area contributed by atoms with Gasteiger partial charge in [-0.2, -0.15) is 22.8 Å². The van der Waals surface area contributed by atoms with E-state index in [2.05, 4.69) is 150 Å². The number of aromatic carboxylic acids is 1. The molecule has 0 fully saturated rings. The van der Waals surface area contributed by atoms with Crippen molar-refractivity contribution in [3.63, 3.8) is 0 Å². The van der Waals surface area contributed by atoms with Crippen LogP contribution in [0, 0.1) is 42.0 Å². The predicted octanol–water partition coefficient (Wildman–Crippen LogP) is 18.2. The SMILES string of the molecule is CC(=O)C=C(C)O.Fc1c[c-]c(-c2ccccn2)c(F)c1.O=C(O)c1ccccn1.[Ir].[Ir].[Ir].[Ir].[Ir].[c-]1cccc2ccc3cccnc3c12.[c-]1ccccc1-c1ccccn1.[c-]1ccccc1-c1nc2ccccc2o1.[c-]1ccccc1-n1[cH+]n(-c2ccccc2)c2ccccc21. The van der Waals surface area contributed by atoms with Gasteiger partial charge in [0, 0.05) is 161 Å². The zero-order chi connectivity index (χ0) is 64.3. The molecule has 19 heteroatoms. The van der Waals surface area contributed by atoms with Crippen LogP contribution in [0.3, 0.4) is 0 Å². The van der Waals surface area contributed by atoms with E-state index in [1.54, 1.807) is 42.7 Å². The Balaban J connectivity index is 0.000000244. The molecule has 0 spiro atoms. The van der Waals surface area contributed by atoms with Gasteiger partial charge >= 0.3 is 5.97 Å². The number of ketones is 1. The third-order valence-electron chi connectivity index (χ3n) is 13.0. The quantitative estimate of drug-likeness (QED) is 0.0680. The summed E-state index contributed by atoms with van der Waals surface area (Å²) in [6.07, 6.45) is 9.89. The molecular weight excluding hydrogens is 2110 g/mol. The maximum atomic E-state index is 13.2. The second-order valence-corrected chi connectivity index (χ2v) is 19.6. The van der Waals surface area contributed by atoms with E-state index in [4.69, 9.17) is 14.6 Å². The minimum Gasteiger partial charge on any atom is -0.512 e. The van der Waals surface area contributed by atoms with Crippen molar-refractivity contribution in [2.75, 3.05) is 0 Å². The van der Waals surface area contributed by atoms with Crippen LogP contribution in [0.15, 0.2) is 308 Å². The number of halogens is 2. The van der Waals surface area contributed by atoms with Gasteiger partial charge in [0.25, 0.3) is 0 Å². The van der Waals surface area contributed by atoms with Crippen molar-refractivity contribution in [3.8, 4) is 45.3 Å². The van der Waals surface area contributed by atoms with Crippen molar-refractivity contribution in [2.45, 2.75) is 13.8 Å². The Morgan fingerprint density at radius 3 is 1.63 bits per heavy atom. The molecule has 2 N–H and O–H groups in total. The molecule has 0 aliphatic heterocycles. The minimum atomic E-state index is -0.990. The number of aliphatic hydroxyl groups excluding tert-OH is 1. The third kappa shape index (κ3) is 24.2. The third-order valence-corrected chi connectivity index (χ3v) is 13.0. The number of carboxylic acid groups (broad SMARTS) is 1. The molecule has 6 aromatic heterocycles. The van der Waals surface area contributed by atoms with Crippen molar-refractivity contribution in [3.05, 3.63) is 351 Å². The summed E-state index contributed by atoms with van der Waals surface area (Å²) in [7, 11) is 0. The maximum absolute atomic E-state index is 13.2. The Bertz CT molecular complexity index is 4620. The van der Waals surface area contributed by atoms with Crippen LogP contribution in [0.1, 0.15) is 24.3 Å². The molecule has 0 bridgehead atoms. The van der Waals surface area contributed by atoms with Gasteiger partial charge in [0.05, 0.1) is 11.3 Å². The number of allylic oxidation sites excluding steroid dienone is 2. The van der Waals surface area contributed by atoms with Gasteiger partial charge in [0.15, 0.2) is 23.1 Å². The summed E-state index contributed by atoms with van der Waals surface area (Å²) in [5, 5.41) is 20.1. The van der Waals surface area contributed by atoms with Crippen LogP contribution in [-0.4, -0.2) is 56.0 Å². The largest absolute Gasteiger partial charge is 0.512 e. The normalized spacial score (nSPS) is 9.88. The molecule has 97 heavy (non-hydrogen) atoms. The summed E-state index contributed by atoms with van der Waals surface area (Å²) in [5.41, 5.74) is 10.9. The summed E-state index contributed by atoms with van der Waals surface area (Å²) < 4.78 is 35.8. The number of para-hydroxylation sites is 6. The predicted molar refractivity (Wildman–Crippen MR) is 357 cm³/mol. The van der Waals surface area contributed by atoms with Gasteiger partial charge < -0.3 is 29.6 Å². The number of pyridine rings is 4. The van der Waals surface area contributed by atoms with E-state index in [1.807, 2.05) is 140 Å². The standard InChI is InChI=1S/C19H14N2.C13H8NO.C13H8N.C11H6F2N.C11H8N.C6H5NO2.C5H8O2.5Ir/c1-3-9-16(10-4-1)20-15-21(17-11-5-2-6-12-17)19-14-8-7-13-18(19)20;1-2-6-10(7-3-1)13-14-11-8-4-5-9-12(11)15-13;1-2-6-12-10(4-1)7-8-11-5-3-9-14-13(11)12;12-8-4-5-9(10(13)7-8)11-3-1-2-6-14-11;1-2-6-10(7-3-1)11-8-4-5-9-12-11;8-6(9)5-3-1-2-4-7-5;1-4(6)3-5(2)7;;;;;/h1-11,13-15H;1-6,8-9H;1-5,7-9H;1-4,6-7H;1-6,8-9H;1-4H,(H,8,9);3,6H,1-2H3;;;;;/q;4*-1;;;;;;;. The smallest absolute Gasteiger partial charge is 0.354 e. The number of carbonyl (C=O) groups is 2. The monoisotopic (exact) mass is 2170 g/mol. The number of rotatable bonds is 7. The molecule has 0 unspecified atom stereocenters. The number of nitrogens with zero attached hydrogens (tertiary/aromatic N) is 7. The molecule has 12 nitrogen and oxygen atoms in total. The first-order valence-electron chi connectivity index (χ1n) is 28.7. The van der Waals surface area contributed by atoms with Gasteiger partial charge in [-0.05, 0) is 90.7 Å². The van der Waals surface area contributed by atoms with Gasteiger partial charge in [0.1, 0.15) is 22.9 Å². The van der Waals surface area contributed by atoms with E-state index in [0.29, 0.717) is 11.6 Å². The first kappa shape index (κ1) is 80.3. The number of hydrogen-bond donors (Lipinski definition) is 2. The zero-order valence-electron chi connectivity index (χ0n) is 51.5. The summed E-state index contributed by atoms with van der Waals surface area (Å²) >= 11 is 0. The molecule has 0 saturated heterocycles. The molecule has 0 atom stereocenters. The molecule has 6 heterocycles. The average molecular weight is 2170 g/mol.